The molecule has 0 aliphatic carbocycles. The van der Waals surface area contributed by atoms with E-state index in [-0.39, 0.29) is 57.8 Å². The van der Waals surface area contributed by atoms with Gasteiger partial charge in [-0.15, -0.1) is 11.6 Å². The van der Waals surface area contributed by atoms with Crippen molar-refractivity contribution >= 4 is 17.6 Å². The molecule has 4 heteroatoms. The van der Waals surface area contributed by atoms with Crippen molar-refractivity contribution < 1.29 is 61.3 Å². The van der Waals surface area contributed by atoms with Crippen LogP contribution in [0.4, 0.5) is 0 Å². The number of alkyl halides is 1. The van der Waals surface area contributed by atoms with Crippen molar-refractivity contribution in [3.63, 3.8) is 0 Å². The molecule has 2 nitrogen and oxygen atoms in total. The fourth-order valence-corrected chi connectivity index (χ4v) is 0.867. The minimum absolute atomic E-state index is 0. The smallest absolute Gasteiger partial charge is 0.550 e. The van der Waals surface area contributed by atoms with Crippen LogP contribution in [0.15, 0.2) is 12.2 Å². The van der Waals surface area contributed by atoms with E-state index in [2.05, 4.69) is 0 Å². The first kappa shape index (κ1) is 15.6. The Labute approximate surface area is 121 Å². The molecule has 0 spiro atoms. The summed E-state index contributed by atoms with van der Waals surface area (Å²) in [7, 11) is 0. The predicted molar refractivity (Wildman–Crippen MR) is 43.3 cm³/mol. The van der Waals surface area contributed by atoms with Crippen LogP contribution < -0.4 is 56.5 Å². The summed E-state index contributed by atoms with van der Waals surface area (Å²) in [6.07, 6.45) is 5.46. The van der Waals surface area contributed by atoms with Crippen LogP contribution in [-0.2, 0) is 4.79 Å². The van der Waals surface area contributed by atoms with Gasteiger partial charge >= 0.3 is 51.4 Å². The zero-order chi connectivity index (χ0) is 8.69. The minimum Gasteiger partial charge on any atom is -0.550 e. The maximum atomic E-state index is 10.0. The second-order valence-corrected chi connectivity index (χ2v) is 2.87. The average molecular weight is 215 g/mol. The zero-order valence-corrected chi connectivity index (χ0v) is 11.4. The number of halogens is 1. The molecule has 1 unspecified atom stereocenters. The zero-order valence-electron chi connectivity index (χ0n) is 7.55. The Hall–Kier alpha value is 1.14. The van der Waals surface area contributed by atoms with Crippen molar-refractivity contribution in [2.75, 3.05) is 0 Å². The standard InChI is InChI=1S/C8H13ClO2.K/c1-2-3-4-5-7(9)6-8(10)11;/h4-5,7H,2-3,6H2,1H3,(H,10,11);/q;+1/p-1/b5-4+;. The number of hydrogen-bond acceptors (Lipinski definition) is 2. The van der Waals surface area contributed by atoms with Gasteiger partial charge in [-0.25, -0.2) is 0 Å². The van der Waals surface area contributed by atoms with E-state index in [1.165, 1.54) is 0 Å². The largest absolute Gasteiger partial charge is 1.00 e. The van der Waals surface area contributed by atoms with Gasteiger partial charge in [0.25, 0.3) is 0 Å². The maximum Gasteiger partial charge on any atom is 1.00 e. The van der Waals surface area contributed by atoms with Gasteiger partial charge in [0.2, 0.25) is 0 Å². The third-order valence-electron chi connectivity index (χ3n) is 1.16. The van der Waals surface area contributed by atoms with Crippen LogP contribution in [0.2, 0.25) is 0 Å². The van der Waals surface area contributed by atoms with Crippen LogP contribution in [0.1, 0.15) is 26.2 Å². The summed E-state index contributed by atoms with van der Waals surface area (Å²) in [5.74, 6) is -1.11. The SMILES string of the molecule is CCC/C=C/C(Cl)CC(=O)[O-].[K+]. The molecule has 0 saturated heterocycles. The van der Waals surface area contributed by atoms with Crippen molar-refractivity contribution in [3.8, 4) is 0 Å². The van der Waals surface area contributed by atoms with E-state index in [1.54, 1.807) is 6.08 Å². The van der Waals surface area contributed by atoms with Crippen LogP contribution in [0, 0.1) is 0 Å². The topological polar surface area (TPSA) is 40.1 Å². The molecule has 0 rings (SSSR count). The molecule has 0 bridgehead atoms. The van der Waals surface area contributed by atoms with Crippen LogP contribution in [0.25, 0.3) is 0 Å². The summed E-state index contributed by atoms with van der Waals surface area (Å²) in [4.78, 5) is 10.0. The molecule has 0 amide bonds. The number of carboxylic acids is 1. The first-order valence-electron chi connectivity index (χ1n) is 3.67. The summed E-state index contributed by atoms with van der Waals surface area (Å²) in [6, 6.07) is 0. The van der Waals surface area contributed by atoms with Gasteiger partial charge in [0.1, 0.15) is 0 Å². The fourth-order valence-electron chi connectivity index (χ4n) is 0.638. The number of carbonyl (C=O) groups excluding carboxylic acids is 1. The Morgan fingerprint density at radius 3 is 2.67 bits per heavy atom. The van der Waals surface area contributed by atoms with Gasteiger partial charge in [0, 0.05) is 12.4 Å². The Kier molecular flexibility index (Phi) is 13.3. The van der Waals surface area contributed by atoms with Crippen molar-refractivity contribution in [1.82, 2.24) is 0 Å². The number of carboxylic acid groups (broad SMARTS) is 1. The summed E-state index contributed by atoms with van der Waals surface area (Å²) in [5.41, 5.74) is 0. The van der Waals surface area contributed by atoms with Crippen LogP contribution in [0.3, 0.4) is 0 Å². The van der Waals surface area contributed by atoms with Crippen molar-refractivity contribution in [3.05, 3.63) is 12.2 Å². The van der Waals surface area contributed by atoms with E-state index < -0.39 is 11.3 Å². The average Bonchev–Trinajstić information content (AvgIpc) is 1.86. The van der Waals surface area contributed by atoms with Gasteiger partial charge in [-0.05, 0) is 6.42 Å². The monoisotopic (exact) mass is 214 g/mol. The van der Waals surface area contributed by atoms with Crippen molar-refractivity contribution in [2.45, 2.75) is 31.6 Å². The molecule has 12 heavy (non-hydrogen) atoms. The van der Waals surface area contributed by atoms with E-state index in [9.17, 15) is 9.90 Å². The quantitative estimate of drug-likeness (QED) is 0.305. The molecule has 0 aromatic heterocycles. The van der Waals surface area contributed by atoms with Gasteiger partial charge in [-0.3, -0.25) is 0 Å². The maximum absolute atomic E-state index is 10.0. The minimum atomic E-state index is -1.11. The number of unbranched alkanes of at least 4 members (excludes halogenated alkanes) is 1. The van der Waals surface area contributed by atoms with E-state index in [1.807, 2.05) is 13.0 Å². The molecular weight excluding hydrogens is 203 g/mol. The molecular formula is C8H12ClKO2. The second kappa shape index (κ2) is 10.2. The second-order valence-electron chi connectivity index (χ2n) is 2.31. The van der Waals surface area contributed by atoms with E-state index in [0.717, 1.165) is 12.8 Å². The van der Waals surface area contributed by atoms with Crippen molar-refractivity contribution in [2.24, 2.45) is 0 Å². The summed E-state index contributed by atoms with van der Waals surface area (Å²) < 4.78 is 0. The Bertz CT molecular complexity index is 148. The number of carbonyl (C=O) groups is 1. The molecule has 0 aromatic carbocycles. The van der Waals surface area contributed by atoms with Crippen LogP contribution in [0.5, 0.6) is 0 Å². The first-order valence-corrected chi connectivity index (χ1v) is 4.11. The molecule has 0 fully saturated rings. The van der Waals surface area contributed by atoms with Gasteiger partial charge in [0.15, 0.2) is 0 Å². The molecule has 1 atom stereocenters. The third kappa shape index (κ3) is 11.1. The Morgan fingerprint density at radius 1 is 1.67 bits per heavy atom. The number of hydrogen-bond donors (Lipinski definition) is 0. The molecule has 0 heterocycles. The summed E-state index contributed by atoms with van der Waals surface area (Å²) in [5, 5.41) is 9.59. The molecule has 0 aliphatic rings. The van der Waals surface area contributed by atoms with Gasteiger partial charge in [0.05, 0.1) is 5.38 Å². The molecule has 0 aromatic rings. The summed E-state index contributed by atoms with van der Waals surface area (Å²) >= 11 is 5.60. The molecule has 0 saturated carbocycles. The number of aliphatic carboxylic acids is 1. The predicted octanol–water partition coefficient (Wildman–Crippen LogP) is -1.91. The molecule has 0 N–H and O–H groups in total. The Balaban J connectivity index is 0. The van der Waals surface area contributed by atoms with E-state index in [0.29, 0.717) is 0 Å². The molecule has 0 aliphatic heterocycles. The van der Waals surface area contributed by atoms with Crippen LogP contribution in [-0.4, -0.2) is 11.3 Å². The summed E-state index contributed by atoms with van der Waals surface area (Å²) in [6.45, 7) is 2.05. The number of allylic oxidation sites excluding steroid dienone is 2. The van der Waals surface area contributed by atoms with Gasteiger partial charge < -0.3 is 9.90 Å². The van der Waals surface area contributed by atoms with E-state index >= 15 is 0 Å². The normalized spacial score (nSPS) is 12.5. The molecule has 0 radical (unpaired) electrons. The third-order valence-corrected chi connectivity index (χ3v) is 1.46. The fraction of sp³-hybridized carbons (Fsp3) is 0.625. The van der Waals surface area contributed by atoms with Crippen molar-refractivity contribution in [1.29, 1.82) is 0 Å². The van der Waals surface area contributed by atoms with Gasteiger partial charge in [-0.2, -0.15) is 0 Å². The first-order chi connectivity index (χ1) is 5.16. The van der Waals surface area contributed by atoms with E-state index in [4.69, 9.17) is 11.6 Å². The van der Waals surface area contributed by atoms with Gasteiger partial charge in [-0.1, -0.05) is 25.5 Å². The number of rotatable bonds is 5. The van der Waals surface area contributed by atoms with Crippen LogP contribution >= 0.6 is 11.6 Å². The Morgan fingerprint density at radius 2 is 2.25 bits per heavy atom. The molecule has 64 valence electrons.